The van der Waals surface area contributed by atoms with E-state index in [2.05, 4.69) is 6.58 Å². The standard InChI is InChI=1S/C11H13NO5/c1-4-9(13)7-5-10(16-2)11(17-3)6-8(7)12(14)15/h4-6,9,13H,1H2,2-3H3. The molecule has 1 unspecified atom stereocenters. The third-order valence-electron chi connectivity index (χ3n) is 2.27. The van der Waals surface area contributed by atoms with Crippen LogP contribution in [0.25, 0.3) is 0 Å². The molecule has 1 aromatic rings. The summed E-state index contributed by atoms with van der Waals surface area (Å²) < 4.78 is 9.97. The number of aliphatic hydroxyl groups excluding tert-OH is 1. The average molecular weight is 239 g/mol. The van der Waals surface area contributed by atoms with Crippen LogP contribution in [0, 0.1) is 10.1 Å². The Morgan fingerprint density at radius 3 is 2.35 bits per heavy atom. The first-order valence-corrected chi connectivity index (χ1v) is 4.76. The third-order valence-corrected chi connectivity index (χ3v) is 2.27. The second-order valence-electron chi connectivity index (χ2n) is 3.20. The Morgan fingerprint density at radius 1 is 1.41 bits per heavy atom. The van der Waals surface area contributed by atoms with Crippen LogP contribution in [-0.2, 0) is 0 Å². The van der Waals surface area contributed by atoms with E-state index in [1.54, 1.807) is 0 Å². The molecule has 0 saturated heterocycles. The molecule has 1 N–H and O–H groups in total. The van der Waals surface area contributed by atoms with Crippen LogP contribution in [0.4, 0.5) is 5.69 Å². The molecular weight excluding hydrogens is 226 g/mol. The van der Waals surface area contributed by atoms with E-state index in [0.29, 0.717) is 5.75 Å². The van der Waals surface area contributed by atoms with E-state index in [1.807, 2.05) is 0 Å². The minimum atomic E-state index is -1.13. The van der Waals surface area contributed by atoms with Crippen LogP contribution in [0.3, 0.4) is 0 Å². The normalized spacial score (nSPS) is 11.7. The van der Waals surface area contributed by atoms with Crippen molar-refractivity contribution in [2.24, 2.45) is 0 Å². The zero-order valence-corrected chi connectivity index (χ0v) is 9.54. The van der Waals surface area contributed by atoms with Crippen molar-refractivity contribution in [3.63, 3.8) is 0 Å². The van der Waals surface area contributed by atoms with E-state index in [1.165, 1.54) is 32.4 Å². The van der Waals surface area contributed by atoms with Gasteiger partial charge in [0.05, 0.1) is 30.8 Å². The topological polar surface area (TPSA) is 81.8 Å². The van der Waals surface area contributed by atoms with Gasteiger partial charge in [0.15, 0.2) is 11.5 Å². The number of rotatable bonds is 5. The van der Waals surface area contributed by atoms with Gasteiger partial charge in [-0.15, -0.1) is 6.58 Å². The molecule has 0 radical (unpaired) electrons. The summed E-state index contributed by atoms with van der Waals surface area (Å²) in [5.74, 6) is 0.549. The summed E-state index contributed by atoms with van der Waals surface area (Å²) in [5, 5.41) is 20.5. The number of hydrogen-bond acceptors (Lipinski definition) is 5. The first-order chi connectivity index (χ1) is 8.04. The van der Waals surface area contributed by atoms with Crippen molar-refractivity contribution < 1.29 is 19.5 Å². The quantitative estimate of drug-likeness (QED) is 0.481. The van der Waals surface area contributed by atoms with Gasteiger partial charge in [-0.2, -0.15) is 0 Å². The minimum absolute atomic E-state index is 0.114. The summed E-state index contributed by atoms with van der Waals surface area (Å²) in [4.78, 5) is 10.3. The number of hydrogen-bond donors (Lipinski definition) is 1. The maximum atomic E-state index is 10.9. The zero-order chi connectivity index (χ0) is 13.0. The fourth-order valence-electron chi connectivity index (χ4n) is 1.41. The summed E-state index contributed by atoms with van der Waals surface area (Å²) in [6, 6.07) is 2.57. The average Bonchev–Trinajstić information content (AvgIpc) is 2.35. The summed E-state index contributed by atoms with van der Waals surface area (Å²) in [6.07, 6.45) is 0.0732. The molecule has 0 aliphatic rings. The Balaban J connectivity index is 3.45. The first-order valence-electron chi connectivity index (χ1n) is 4.76. The molecule has 17 heavy (non-hydrogen) atoms. The molecule has 0 amide bonds. The van der Waals surface area contributed by atoms with Gasteiger partial charge in [-0.05, 0) is 6.07 Å². The number of benzene rings is 1. The van der Waals surface area contributed by atoms with Crippen molar-refractivity contribution in [1.82, 2.24) is 0 Å². The molecule has 92 valence electrons. The smallest absolute Gasteiger partial charge is 0.279 e. The number of aliphatic hydroxyl groups is 1. The molecule has 0 heterocycles. The molecule has 0 spiro atoms. The molecule has 0 fully saturated rings. The first kappa shape index (κ1) is 13.0. The Hall–Kier alpha value is -2.08. The molecule has 0 saturated carbocycles. The monoisotopic (exact) mass is 239 g/mol. The van der Waals surface area contributed by atoms with Crippen LogP contribution in [-0.4, -0.2) is 24.2 Å². The van der Waals surface area contributed by atoms with Crippen molar-refractivity contribution in [3.05, 3.63) is 40.5 Å². The lowest BCUT2D eigenvalue weighted by atomic mass is 10.1. The third kappa shape index (κ3) is 2.54. The number of nitro groups is 1. The van der Waals surface area contributed by atoms with E-state index in [4.69, 9.17) is 9.47 Å². The SMILES string of the molecule is C=CC(O)c1cc(OC)c(OC)cc1[N+](=O)[O-]. The summed E-state index contributed by atoms with van der Waals surface area (Å²) in [5.41, 5.74) is -0.127. The fraction of sp³-hybridized carbons (Fsp3) is 0.273. The van der Waals surface area contributed by atoms with Crippen molar-refractivity contribution in [1.29, 1.82) is 0 Å². The fourth-order valence-corrected chi connectivity index (χ4v) is 1.41. The van der Waals surface area contributed by atoms with Crippen LogP contribution in [0.5, 0.6) is 11.5 Å². The molecule has 0 bridgehead atoms. The second-order valence-corrected chi connectivity index (χ2v) is 3.20. The highest BCUT2D eigenvalue weighted by Gasteiger charge is 2.22. The van der Waals surface area contributed by atoms with Crippen LogP contribution in [0.2, 0.25) is 0 Å². The van der Waals surface area contributed by atoms with Crippen LogP contribution in [0.1, 0.15) is 11.7 Å². The molecular formula is C11H13NO5. The summed E-state index contributed by atoms with van der Waals surface area (Å²) >= 11 is 0. The van der Waals surface area contributed by atoms with Gasteiger partial charge in [-0.3, -0.25) is 10.1 Å². The maximum Gasteiger partial charge on any atom is 0.279 e. The molecule has 1 rings (SSSR count). The minimum Gasteiger partial charge on any atom is -0.493 e. The van der Waals surface area contributed by atoms with Gasteiger partial charge in [0.1, 0.15) is 6.10 Å². The zero-order valence-electron chi connectivity index (χ0n) is 9.54. The Labute approximate surface area is 98.2 Å². The van der Waals surface area contributed by atoms with E-state index in [-0.39, 0.29) is 17.0 Å². The second kappa shape index (κ2) is 5.31. The van der Waals surface area contributed by atoms with Gasteiger partial charge in [0.25, 0.3) is 5.69 Å². The van der Waals surface area contributed by atoms with Gasteiger partial charge >= 0.3 is 0 Å². The lowest BCUT2D eigenvalue weighted by Gasteiger charge is -2.12. The number of ether oxygens (including phenoxy) is 2. The summed E-state index contributed by atoms with van der Waals surface area (Å²) in [7, 11) is 2.79. The van der Waals surface area contributed by atoms with E-state index in [9.17, 15) is 15.2 Å². The molecule has 1 atom stereocenters. The van der Waals surface area contributed by atoms with Crippen molar-refractivity contribution in [2.75, 3.05) is 14.2 Å². The number of nitrogens with zero attached hydrogens (tertiary/aromatic N) is 1. The van der Waals surface area contributed by atoms with Crippen molar-refractivity contribution in [3.8, 4) is 11.5 Å². The van der Waals surface area contributed by atoms with Gasteiger partial charge in [0, 0.05) is 0 Å². The van der Waals surface area contributed by atoms with Crippen LogP contribution < -0.4 is 9.47 Å². The maximum absolute atomic E-state index is 10.9. The van der Waals surface area contributed by atoms with Gasteiger partial charge < -0.3 is 14.6 Å². The molecule has 0 aromatic heterocycles. The number of nitro benzene ring substituents is 1. The molecule has 1 aromatic carbocycles. The lowest BCUT2D eigenvalue weighted by molar-refractivity contribution is -0.386. The van der Waals surface area contributed by atoms with Crippen molar-refractivity contribution in [2.45, 2.75) is 6.10 Å². The van der Waals surface area contributed by atoms with Crippen molar-refractivity contribution >= 4 is 5.69 Å². The van der Waals surface area contributed by atoms with Crippen LogP contribution in [0.15, 0.2) is 24.8 Å². The van der Waals surface area contributed by atoms with E-state index < -0.39 is 11.0 Å². The van der Waals surface area contributed by atoms with Gasteiger partial charge in [-0.25, -0.2) is 0 Å². The van der Waals surface area contributed by atoms with Crippen LogP contribution >= 0.6 is 0 Å². The van der Waals surface area contributed by atoms with E-state index >= 15 is 0 Å². The summed E-state index contributed by atoms with van der Waals surface area (Å²) in [6.45, 7) is 3.39. The number of methoxy groups -OCH3 is 2. The highest BCUT2D eigenvalue weighted by molar-refractivity contribution is 5.55. The molecule has 6 nitrogen and oxygen atoms in total. The molecule has 0 aliphatic carbocycles. The molecule has 0 aliphatic heterocycles. The predicted octanol–water partition coefficient (Wildman–Crippen LogP) is 1.83. The largest absolute Gasteiger partial charge is 0.493 e. The Morgan fingerprint density at radius 2 is 1.94 bits per heavy atom. The highest BCUT2D eigenvalue weighted by Crippen LogP contribution is 2.37. The van der Waals surface area contributed by atoms with E-state index in [0.717, 1.165) is 0 Å². The Kier molecular flexibility index (Phi) is 4.06. The highest BCUT2D eigenvalue weighted by atomic mass is 16.6. The van der Waals surface area contributed by atoms with Gasteiger partial charge in [-0.1, -0.05) is 6.08 Å². The lowest BCUT2D eigenvalue weighted by Crippen LogP contribution is -2.02. The molecule has 6 heteroatoms. The Bertz CT molecular complexity index is 444. The van der Waals surface area contributed by atoms with Gasteiger partial charge in [0.2, 0.25) is 0 Å². The predicted molar refractivity (Wildman–Crippen MR) is 61.4 cm³/mol.